The third-order valence-corrected chi connectivity index (χ3v) is 3.15. The zero-order valence-corrected chi connectivity index (χ0v) is 10.2. The number of aliphatic hydroxyl groups excluding tert-OH is 1. The van der Waals surface area contributed by atoms with Gasteiger partial charge in [0.1, 0.15) is 0 Å². The van der Waals surface area contributed by atoms with Crippen molar-refractivity contribution >= 4 is 10.9 Å². The summed E-state index contributed by atoms with van der Waals surface area (Å²) >= 11 is 0. The first-order valence-electron chi connectivity index (χ1n) is 5.96. The number of hydrogen-bond acceptors (Lipinski definition) is 1. The Bertz CT molecular complexity index is 499. The van der Waals surface area contributed by atoms with Gasteiger partial charge in [-0.25, -0.2) is 0 Å². The zero-order valence-electron chi connectivity index (χ0n) is 10.2. The summed E-state index contributed by atoms with van der Waals surface area (Å²) < 4.78 is 0. The normalized spacial score (nSPS) is 13.2. The number of aromatic amines is 1. The molecule has 2 rings (SSSR count). The number of aliphatic hydroxyl groups is 1. The van der Waals surface area contributed by atoms with Crippen LogP contribution in [0.4, 0.5) is 0 Å². The molecule has 1 aromatic carbocycles. The molecule has 0 saturated heterocycles. The summed E-state index contributed by atoms with van der Waals surface area (Å²) in [4.78, 5) is 3.40. The van der Waals surface area contributed by atoms with E-state index >= 15 is 0 Å². The van der Waals surface area contributed by atoms with Crippen LogP contribution in [0.15, 0.2) is 18.2 Å². The molecule has 0 saturated carbocycles. The average molecular weight is 217 g/mol. The molecule has 0 aliphatic carbocycles. The van der Waals surface area contributed by atoms with Crippen LogP contribution in [0.25, 0.3) is 10.9 Å². The van der Waals surface area contributed by atoms with Crippen molar-refractivity contribution in [3.63, 3.8) is 0 Å². The van der Waals surface area contributed by atoms with Gasteiger partial charge in [0.2, 0.25) is 0 Å². The van der Waals surface area contributed by atoms with Crippen molar-refractivity contribution in [2.75, 3.05) is 0 Å². The third-order valence-electron chi connectivity index (χ3n) is 3.15. The molecule has 2 N–H and O–H groups in total. The van der Waals surface area contributed by atoms with Gasteiger partial charge in [0, 0.05) is 22.2 Å². The van der Waals surface area contributed by atoms with E-state index in [4.69, 9.17) is 0 Å². The highest BCUT2D eigenvalue weighted by Gasteiger charge is 2.16. The minimum absolute atomic E-state index is 0.356. The Morgan fingerprint density at radius 1 is 1.31 bits per heavy atom. The van der Waals surface area contributed by atoms with E-state index < -0.39 is 0 Å². The Morgan fingerprint density at radius 2 is 2.06 bits per heavy atom. The highest BCUT2D eigenvalue weighted by molar-refractivity contribution is 5.85. The highest BCUT2D eigenvalue weighted by atomic mass is 16.3. The quantitative estimate of drug-likeness (QED) is 0.811. The van der Waals surface area contributed by atoms with Crippen LogP contribution in [0.5, 0.6) is 0 Å². The fraction of sp³-hybridized carbons (Fsp3) is 0.429. The Kier molecular flexibility index (Phi) is 3.01. The van der Waals surface area contributed by atoms with Crippen molar-refractivity contribution < 1.29 is 5.11 Å². The summed E-state index contributed by atoms with van der Waals surface area (Å²) in [6.45, 7) is 6.21. The summed E-state index contributed by atoms with van der Waals surface area (Å²) in [5.41, 5.74) is 4.61. The van der Waals surface area contributed by atoms with E-state index in [1.54, 1.807) is 0 Å². The first-order chi connectivity index (χ1) is 7.67. The Labute approximate surface area is 96.3 Å². The topological polar surface area (TPSA) is 36.0 Å². The largest absolute Gasteiger partial charge is 0.388 e. The molecule has 1 heterocycles. The van der Waals surface area contributed by atoms with Crippen molar-refractivity contribution in [2.45, 2.75) is 39.7 Å². The van der Waals surface area contributed by atoms with E-state index in [-0.39, 0.29) is 6.10 Å². The molecule has 2 aromatic rings. The van der Waals surface area contributed by atoms with Crippen molar-refractivity contribution in [2.24, 2.45) is 0 Å². The van der Waals surface area contributed by atoms with Crippen LogP contribution < -0.4 is 0 Å². The lowest BCUT2D eigenvalue weighted by Crippen LogP contribution is -1.98. The predicted molar refractivity (Wildman–Crippen MR) is 67.7 cm³/mol. The first-order valence-corrected chi connectivity index (χ1v) is 5.96. The van der Waals surface area contributed by atoms with Gasteiger partial charge >= 0.3 is 0 Å². The molecule has 0 bridgehead atoms. The minimum atomic E-state index is -0.356. The number of aryl methyl sites for hydroxylation is 2. The standard InChI is InChI=1S/C14H19NO/c1-4-11-14(13(16)5-2)10-8-9(3)6-7-12(10)15-11/h6-8,13,15-16H,4-5H2,1-3H3. The molecule has 2 heteroatoms. The van der Waals surface area contributed by atoms with Crippen LogP contribution in [0.1, 0.15) is 43.2 Å². The number of aromatic nitrogens is 1. The fourth-order valence-electron chi connectivity index (χ4n) is 2.25. The summed E-state index contributed by atoms with van der Waals surface area (Å²) in [6, 6.07) is 6.34. The van der Waals surface area contributed by atoms with E-state index in [1.165, 1.54) is 10.9 Å². The summed E-state index contributed by atoms with van der Waals surface area (Å²) in [5.74, 6) is 0. The molecule has 86 valence electrons. The molecule has 2 nitrogen and oxygen atoms in total. The zero-order chi connectivity index (χ0) is 11.7. The predicted octanol–water partition coefficient (Wildman–Crippen LogP) is 3.48. The van der Waals surface area contributed by atoms with Crippen molar-refractivity contribution in [3.05, 3.63) is 35.0 Å². The first kappa shape index (κ1) is 11.2. The van der Waals surface area contributed by atoms with Gasteiger partial charge < -0.3 is 10.1 Å². The third kappa shape index (κ3) is 1.74. The maximum Gasteiger partial charge on any atom is 0.0810 e. The maximum absolute atomic E-state index is 10.1. The summed E-state index contributed by atoms with van der Waals surface area (Å²) in [5, 5.41) is 11.3. The summed E-state index contributed by atoms with van der Waals surface area (Å²) in [7, 11) is 0. The Morgan fingerprint density at radius 3 is 2.69 bits per heavy atom. The summed E-state index contributed by atoms with van der Waals surface area (Å²) in [6.07, 6.45) is 1.33. The number of rotatable bonds is 3. The van der Waals surface area contributed by atoms with Gasteiger partial charge in [-0.15, -0.1) is 0 Å². The lowest BCUT2D eigenvalue weighted by atomic mass is 10.0. The molecule has 0 amide bonds. The second-order valence-corrected chi connectivity index (χ2v) is 4.34. The van der Waals surface area contributed by atoms with Gasteiger partial charge in [-0.05, 0) is 31.9 Å². The van der Waals surface area contributed by atoms with Gasteiger partial charge in [-0.1, -0.05) is 25.5 Å². The fourth-order valence-corrected chi connectivity index (χ4v) is 2.25. The van der Waals surface area contributed by atoms with E-state index in [9.17, 15) is 5.11 Å². The molecule has 0 radical (unpaired) electrons. The van der Waals surface area contributed by atoms with Crippen molar-refractivity contribution in [1.82, 2.24) is 4.98 Å². The molecule has 0 aliphatic rings. The minimum Gasteiger partial charge on any atom is -0.388 e. The molecular formula is C14H19NO. The maximum atomic E-state index is 10.1. The number of nitrogens with one attached hydrogen (secondary N) is 1. The lowest BCUT2D eigenvalue weighted by Gasteiger charge is -2.09. The highest BCUT2D eigenvalue weighted by Crippen LogP contribution is 2.30. The molecule has 0 aliphatic heterocycles. The van der Waals surface area contributed by atoms with E-state index in [2.05, 4.69) is 37.0 Å². The van der Waals surface area contributed by atoms with Gasteiger partial charge in [-0.3, -0.25) is 0 Å². The number of fused-ring (bicyclic) bond motifs is 1. The van der Waals surface area contributed by atoms with Crippen LogP contribution in [0, 0.1) is 6.92 Å². The molecule has 0 fully saturated rings. The van der Waals surface area contributed by atoms with Gasteiger partial charge in [0.25, 0.3) is 0 Å². The Hall–Kier alpha value is -1.28. The second-order valence-electron chi connectivity index (χ2n) is 4.34. The number of H-pyrrole nitrogens is 1. The molecule has 1 atom stereocenters. The van der Waals surface area contributed by atoms with Crippen molar-refractivity contribution in [3.8, 4) is 0 Å². The van der Waals surface area contributed by atoms with Crippen LogP contribution >= 0.6 is 0 Å². The van der Waals surface area contributed by atoms with E-state index in [1.807, 2.05) is 6.92 Å². The van der Waals surface area contributed by atoms with Crippen LogP contribution in [-0.4, -0.2) is 10.1 Å². The Balaban J connectivity index is 2.70. The van der Waals surface area contributed by atoms with Crippen molar-refractivity contribution in [1.29, 1.82) is 0 Å². The van der Waals surface area contributed by atoms with Gasteiger partial charge in [0.15, 0.2) is 0 Å². The molecule has 0 spiro atoms. The van der Waals surface area contributed by atoms with Gasteiger partial charge in [-0.2, -0.15) is 0 Å². The van der Waals surface area contributed by atoms with Crippen LogP contribution in [0.3, 0.4) is 0 Å². The smallest absolute Gasteiger partial charge is 0.0810 e. The van der Waals surface area contributed by atoms with Crippen LogP contribution in [0.2, 0.25) is 0 Å². The number of benzene rings is 1. The molecule has 1 unspecified atom stereocenters. The lowest BCUT2D eigenvalue weighted by molar-refractivity contribution is 0.174. The second kappa shape index (κ2) is 4.30. The van der Waals surface area contributed by atoms with E-state index in [0.29, 0.717) is 0 Å². The van der Waals surface area contributed by atoms with Crippen LogP contribution in [-0.2, 0) is 6.42 Å². The SMILES string of the molecule is CCc1[nH]c2ccc(C)cc2c1C(O)CC. The van der Waals surface area contributed by atoms with Gasteiger partial charge in [0.05, 0.1) is 6.10 Å². The van der Waals surface area contributed by atoms with E-state index in [0.717, 1.165) is 29.6 Å². The monoisotopic (exact) mass is 217 g/mol. The molecule has 16 heavy (non-hydrogen) atoms. The average Bonchev–Trinajstić information content (AvgIpc) is 2.65. The molecule has 1 aromatic heterocycles. The number of hydrogen-bond donors (Lipinski definition) is 2. The molecular weight excluding hydrogens is 198 g/mol.